The van der Waals surface area contributed by atoms with Crippen LogP contribution < -0.4 is 5.73 Å². The maximum Gasteiger partial charge on any atom is 0.145 e. The van der Waals surface area contributed by atoms with Gasteiger partial charge in [0.15, 0.2) is 0 Å². The molecule has 2 rings (SSSR count). The molecule has 3 nitrogen and oxygen atoms in total. The lowest BCUT2D eigenvalue weighted by Crippen LogP contribution is -2.37. The molecule has 0 heterocycles. The van der Waals surface area contributed by atoms with E-state index >= 15 is 0 Å². The van der Waals surface area contributed by atoms with Crippen molar-refractivity contribution < 1.29 is 9.59 Å². The molecule has 0 amide bonds. The summed E-state index contributed by atoms with van der Waals surface area (Å²) in [4.78, 5) is 23.5. The number of Topliss-reactive ketones (excluding diaryl/α,β-unsaturated/α-hetero) is 2. The molecule has 0 aliphatic heterocycles. The van der Waals surface area contributed by atoms with Gasteiger partial charge in [-0.1, -0.05) is 23.7 Å². The van der Waals surface area contributed by atoms with Gasteiger partial charge >= 0.3 is 0 Å². The largest absolute Gasteiger partial charge is 0.323 e. The van der Waals surface area contributed by atoms with Crippen molar-refractivity contribution in [1.29, 1.82) is 0 Å². The molecule has 1 aromatic rings. The molecule has 1 aromatic carbocycles. The van der Waals surface area contributed by atoms with E-state index in [-0.39, 0.29) is 11.6 Å². The molecular weight excluding hydrogens is 238 g/mol. The predicted molar refractivity (Wildman–Crippen MR) is 65.7 cm³/mol. The molecule has 1 fully saturated rings. The van der Waals surface area contributed by atoms with Gasteiger partial charge in [0, 0.05) is 23.9 Å². The Morgan fingerprint density at radius 2 is 1.65 bits per heavy atom. The minimum Gasteiger partial charge on any atom is -0.323 e. The molecule has 0 aromatic heterocycles. The van der Waals surface area contributed by atoms with Crippen molar-refractivity contribution in [3.05, 3.63) is 34.9 Å². The molecule has 2 N–H and O–H groups in total. The Morgan fingerprint density at radius 1 is 1.12 bits per heavy atom. The number of nitrogens with two attached hydrogens (primary N) is 1. The maximum absolute atomic E-state index is 11.8. The quantitative estimate of drug-likeness (QED) is 0.821. The first-order chi connectivity index (χ1) is 8.09. The number of carbonyl (C=O) groups excluding carboxylic acids is 2. The van der Waals surface area contributed by atoms with Crippen LogP contribution >= 0.6 is 11.6 Å². The van der Waals surface area contributed by atoms with Crippen molar-refractivity contribution in [2.45, 2.75) is 25.3 Å². The van der Waals surface area contributed by atoms with Crippen molar-refractivity contribution >= 4 is 23.2 Å². The zero-order valence-corrected chi connectivity index (χ0v) is 10.1. The SMILES string of the molecule is NC(c1ccc(Cl)cc1)C1C(=O)CCCC1=O. The Labute approximate surface area is 105 Å². The summed E-state index contributed by atoms with van der Waals surface area (Å²) < 4.78 is 0. The van der Waals surface area contributed by atoms with Crippen molar-refractivity contribution in [3.8, 4) is 0 Å². The Balaban J connectivity index is 2.23. The fraction of sp³-hybridized carbons (Fsp3) is 0.385. The molecular formula is C13H14ClNO2. The first-order valence-corrected chi connectivity index (χ1v) is 6.04. The Morgan fingerprint density at radius 3 is 2.18 bits per heavy atom. The van der Waals surface area contributed by atoms with Crippen LogP contribution in [0.25, 0.3) is 0 Å². The molecule has 1 saturated carbocycles. The first kappa shape index (κ1) is 12.3. The van der Waals surface area contributed by atoms with Crippen molar-refractivity contribution in [1.82, 2.24) is 0 Å². The maximum atomic E-state index is 11.8. The molecule has 1 unspecified atom stereocenters. The average Bonchev–Trinajstić information content (AvgIpc) is 2.29. The van der Waals surface area contributed by atoms with Crippen molar-refractivity contribution in [2.24, 2.45) is 11.7 Å². The summed E-state index contributed by atoms with van der Waals surface area (Å²) in [7, 11) is 0. The van der Waals surface area contributed by atoms with E-state index in [2.05, 4.69) is 0 Å². The second-order valence-electron chi connectivity index (χ2n) is 4.34. The van der Waals surface area contributed by atoms with Gasteiger partial charge in [0.25, 0.3) is 0 Å². The lowest BCUT2D eigenvalue weighted by atomic mass is 9.79. The molecule has 1 atom stereocenters. The van der Waals surface area contributed by atoms with Gasteiger partial charge in [0.1, 0.15) is 11.6 Å². The summed E-state index contributed by atoms with van der Waals surface area (Å²) in [5.74, 6) is -0.752. The molecule has 17 heavy (non-hydrogen) atoms. The summed E-state index contributed by atoms with van der Waals surface area (Å²) >= 11 is 5.78. The van der Waals surface area contributed by atoms with E-state index in [1.54, 1.807) is 24.3 Å². The fourth-order valence-corrected chi connectivity index (χ4v) is 2.33. The van der Waals surface area contributed by atoms with E-state index in [4.69, 9.17) is 17.3 Å². The zero-order chi connectivity index (χ0) is 12.4. The summed E-state index contributed by atoms with van der Waals surface area (Å²) in [6, 6.07) is 6.42. The monoisotopic (exact) mass is 251 g/mol. The van der Waals surface area contributed by atoms with E-state index in [0.29, 0.717) is 24.3 Å². The minimum absolute atomic E-state index is 0.0382. The zero-order valence-electron chi connectivity index (χ0n) is 9.36. The topological polar surface area (TPSA) is 60.2 Å². The highest BCUT2D eigenvalue weighted by Gasteiger charge is 2.35. The van der Waals surface area contributed by atoms with Gasteiger partial charge in [0.05, 0.1) is 5.92 Å². The minimum atomic E-state index is -0.676. The predicted octanol–water partition coefficient (Wildman–Crippen LogP) is 2.28. The van der Waals surface area contributed by atoms with Crippen LogP contribution in [0.15, 0.2) is 24.3 Å². The Hall–Kier alpha value is -1.19. The van der Waals surface area contributed by atoms with E-state index in [1.807, 2.05) is 0 Å². The molecule has 4 heteroatoms. The second kappa shape index (κ2) is 4.98. The third-order valence-electron chi connectivity index (χ3n) is 3.15. The second-order valence-corrected chi connectivity index (χ2v) is 4.78. The molecule has 0 spiro atoms. The molecule has 0 bridgehead atoms. The average molecular weight is 252 g/mol. The van der Waals surface area contributed by atoms with E-state index in [0.717, 1.165) is 5.56 Å². The van der Waals surface area contributed by atoms with Gasteiger partial charge in [0.2, 0.25) is 0 Å². The lowest BCUT2D eigenvalue weighted by Gasteiger charge is -2.25. The molecule has 0 saturated heterocycles. The van der Waals surface area contributed by atoms with Crippen molar-refractivity contribution in [2.75, 3.05) is 0 Å². The summed E-state index contributed by atoms with van der Waals surface area (Å²) in [5, 5.41) is 0.613. The van der Waals surface area contributed by atoms with Gasteiger partial charge in [-0.3, -0.25) is 9.59 Å². The van der Waals surface area contributed by atoms with Gasteiger partial charge in [-0.05, 0) is 24.1 Å². The van der Waals surface area contributed by atoms with E-state index in [9.17, 15) is 9.59 Å². The highest BCUT2D eigenvalue weighted by Crippen LogP contribution is 2.28. The number of ketones is 2. The van der Waals surface area contributed by atoms with Crippen LogP contribution in [0.2, 0.25) is 5.02 Å². The van der Waals surface area contributed by atoms with Crippen LogP contribution in [0.1, 0.15) is 30.9 Å². The van der Waals surface area contributed by atoms with E-state index < -0.39 is 12.0 Å². The highest BCUT2D eigenvalue weighted by molar-refractivity contribution is 6.30. The summed E-state index contributed by atoms with van der Waals surface area (Å²) in [6.07, 6.45) is 1.57. The lowest BCUT2D eigenvalue weighted by molar-refractivity contribution is -0.136. The number of carbonyl (C=O) groups is 2. The number of hydrogen-bond donors (Lipinski definition) is 1. The molecule has 1 aliphatic rings. The number of halogens is 1. The third-order valence-corrected chi connectivity index (χ3v) is 3.41. The van der Waals surface area contributed by atoms with Gasteiger partial charge in [-0.25, -0.2) is 0 Å². The molecule has 1 aliphatic carbocycles. The van der Waals surface area contributed by atoms with Crippen LogP contribution in [-0.4, -0.2) is 11.6 Å². The van der Waals surface area contributed by atoms with Crippen LogP contribution in [0.5, 0.6) is 0 Å². The summed E-state index contributed by atoms with van der Waals surface area (Å²) in [6.45, 7) is 0. The Bertz CT molecular complexity index is 425. The molecule has 0 radical (unpaired) electrons. The Kier molecular flexibility index (Phi) is 3.60. The van der Waals surface area contributed by atoms with Crippen LogP contribution in [0.3, 0.4) is 0 Å². The van der Waals surface area contributed by atoms with Crippen LogP contribution in [0.4, 0.5) is 0 Å². The fourth-order valence-electron chi connectivity index (χ4n) is 2.21. The number of hydrogen-bond acceptors (Lipinski definition) is 3. The number of rotatable bonds is 2. The smallest absolute Gasteiger partial charge is 0.145 e. The van der Waals surface area contributed by atoms with Crippen LogP contribution in [-0.2, 0) is 9.59 Å². The van der Waals surface area contributed by atoms with E-state index in [1.165, 1.54) is 0 Å². The number of benzene rings is 1. The normalized spacial score (nSPS) is 19.4. The van der Waals surface area contributed by atoms with Gasteiger partial charge in [-0.2, -0.15) is 0 Å². The first-order valence-electron chi connectivity index (χ1n) is 5.66. The van der Waals surface area contributed by atoms with Gasteiger partial charge < -0.3 is 5.73 Å². The van der Waals surface area contributed by atoms with Gasteiger partial charge in [-0.15, -0.1) is 0 Å². The third kappa shape index (κ3) is 2.56. The molecule has 90 valence electrons. The highest BCUT2D eigenvalue weighted by atomic mass is 35.5. The van der Waals surface area contributed by atoms with Crippen molar-refractivity contribution in [3.63, 3.8) is 0 Å². The van der Waals surface area contributed by atoms with Crippen LogP contribution in [0, 0.1) is 5.92 Å². The summed E-state index contributed by atoms with van der Waals surface area (Å²) in [5.41, 5.74) is 6.80. The standard InChI is InChI=1S/C13H14ClNO2/c14-9-6-4-8(5-7-9)13(15)12-10(16)2-1-3-11(12)17/h4-7,12-13H,1-3,15H2.